The van der Waals surface area contributed by atoms with Crippen LogP contribution in [0.2, 0.25) is 5.02 Å². The van der Waals surface area contributed by atoms with Gasteiger partial charge in [0.1, 0.15) is 5.75 Å². The van der Waals surface area contributed by atoms with Crippen LogP contribution < -0.4 is 14.4 Å². The van der Waals surface area contributed by atoms with Crippen LogP contribution >= 0.6 is 22.9 Å². The minimum Gasteiger partial charge on any atom is -0.484 e. The van der Waals surface area contributed by atoms with Crippen LogP contribution in [0.4, 0.5) is 10.8 Å². The molecule has 29 heavy (non-hydrogen) atoms. The van der Waals surface area contributed by atoms with Crippen molar-refractivity contribution in [3.63, 3.8) is 0 Å². The molecule has 2 heterocycles. The van der Waals surface area contributed by atoms with Crippen molar-refractivity contribution in [2.75, 3.05) is 22.8 Å². The summed E-state index contributed by atoms with van der Waals surface area (Å²) in [7, 11) is -3.74. The Morgan fingerprint density at radius 2 is 2.14 bits per heavy atom. The number of nitrogens with zero attached hydrogens (tertiary/aromatic N) is 2. The standard InChI is InChI=1S/C19H16ClN3O4S2/c20-14-2-1-3-15(11-14)27-12-18(24)23-8-6-13-10-16(4-5-17(13)23)29(25,26)22-19-21-7-9-28-19/h1-5,7,9-11H,6,8,12H2,(H,21,22). The molecule has 1 amide bonds. The van der Waals surface area contributed by atoms with E-state index in [1.165, 1.54) is 23.6 Å². The van der Waals surface area contributed by atoms with Crippen LogP contribution in [-0.2, 0) is 21.2 Å². The van der Waals surface area contributed by atoms with Crippen LogP contribution in [-0.4, -0.2) is 32.5 Å². The van der Waals surface area contributed by atoms with Gasteiger partial charge in [-0.15, -0.1) is 11.3 Å². The number of carbonyl (C=O) groups is 1. The fourth-order valence-electron chi connectivity index (χ4n) is 3.03. The zero-order valence-electron chi connectivity index (χ0n) is 15.0. The second-order valence-corrected chi connectivity index (χ2v) is 9.29. The van der Waals surface area contributed by atoms with Crippen LogP contribution in [0.15, 0.2) is 58.9 Å². The second-order valence-electron chi connectivity index (χ2n) is 6.27. The highest BCUT2D eigenvalue weighted by Gasteiger charge is 2.27. The van der Waals surface area contributed by atoms with Crippen molar-refractivity contribution >= 4 is 49.7 Å². The maximum atomic E-state index is 12.6. The van der Waals surface area contributed by atoms with Crippen LogP contribution in [0, 0.1) is 0 Å². The molecule has 3 aromatic rings. The summed E-state index contributed by atoms with van der Waals surface area (Å²) < 4.78 is 33.1. The first-order valence-electron chi connectivity index (χ1n) is 8.66. The van der Waals surface area contributed by atoms with E-state index >= 15 is 0 Å². The number of hydrogen-bond acceptors (Lipinski definition) is 6. The Balaban J connectivity index is 1.47. The average Bonchev–Trinajstić information content (AvgIpc) is 3.35. The number of rotatable bonds is 6. The Bertz CT molecular complexity index is 1150. The number of thiazole rings is 1. The molecule has 0 unspecified atom stereocenters. The van der Waals surface area contributed by atoms with Gasteiger partial charge < -0.3 is 9.64 Å². The molecule has 1 aliphatic heterocycles. The zero-order chi connectivity index (χ0) is 20.4. The summed E-state index contributed by atoms with van der Waals surface area (Å²) in [5, 5.41) is 2.53. The van der Waals surface area contributed by atoms with Gasteiger partial charge in [-0.2, -0.15) is 0 Å². The largest absolute Gasteiger partial charge is 0.484 e. The van der Waals surface area contributed by atoms with Gasteiger partial charge in [-0.25, -0.2) is 13.4 Å². The highest BCUT2D eigenvalue weighted by molar-refractivity contribution is 7.93. The van der Waals surface area contributed by atoms with E-state index in [1.807, 2.05) is 0 Å². The van der Waals surface area contributed by atoms with Crippen molar-refractivity contribution in [3.8, 4) is 5.75 Å². The number of fused-ring (bicyclic) bond motifs is 1. The molecule has 0 saturated carbocycles. The van der Waals surface area contributed by atoms with Gasteiger partial charge in [0.25, 0.3) is 15.9 Å². The smallest absolute Gasteiger partial charge is 0.264 e. The molecule has 0 fully saturated rings. The lowest BCUT2D eigenvalue weighted by Crippen LogP contribution is -2.33. The highest BCUT2D eigenvalue weighted by Crippen LogP contribution is 2.31. The molecule has 2 aromatic carbocycles. The monoisotopic (exact) mass is 449 g/mol. The van der Waals surface area contributed by atoms with E-state index in [0.29, 0.717) is 34.6 Å². The topological polar surface area (TPSA) is 88.6 Å². The molecule has 1 aromatic heterocycles. The number of benzene rings is 2. The Hall–Kier alpha value is -2.62. The van der Waals surface area contributed by atoms with Gasteiger partial charge >= 0.3 is 0 Å². The van der Waals surface area contributed by atoms with Gasteiger partial charge in [-0.05, 0) is 48.4 Å². The number of carbonyl (C=O) groups excluding carboxylic acids is 1. The minimum atomic E-state index is -3.74. The maximum Gasteiger partial charge on any atom is 0.264 e. The summed E-state index contributed by atoms with van der Waals surface area (Å²) in [4.78, 5) is 18.3. The molecule has 4 rings (SSSR count). The number of amides is 1. The van der Waals surface area contributed by atoms with Crippen molar-refractivity contribution in [2.45, 2.75) is 11.3 Å². The fraction of sp³-hybridized carbons (Fsp3) is 0.158. The van der Waals surface area contributed by atoms with Gasteiger partial charge in [-0.3, -0.25) is 9.52 Å². The molecule has 1 aliphatic rings. The second kappa shape index (κ2) is 8.02. The molecule has 7 nitrogen and oxygen atoms in total. The normalized spacial score (nSPS) is 13.2. The molecule has 0 aliphatic carbocycles. The summed E-state index contributed by atoms with van der Waals surface area (Å²) in [6, 6.07) is 11.6. The summed E-state index contributed by atoms with van der Waals surface area (Å²) >= 11 is 7.12. The molecule has 0 spiro atoms. The van der Waals surface area contributed by atoms with Gasteiger partial charge in [-0.1, -0.05) is 17.7 Å². The third kappa shape index (κ3) is 4.36. The molecule has 0 atom stereocenters. The Labute approximate surface area is 177 Å². The van der Waals surface area contributed by atoms with Gasteiger partial charge in [0.15, 0.2) is 11.7 Å². The number of sulfonamides is 1. The van der Waals surface area contributed by atoms with Crippen molar-refractivity contribution in [1.82, 2.24) is 4.98 Å². The molecule has 10 heteroatoms. The number of hydrogen-bond donors (Lipinski definition) is 1. The summed E-state index contributed by atoms with van der Waals surface area (Å²) in [5.74, 6) is 0.306. The lowest BCUT2D eigenvalue weighted by atomic mass is 10.2. The van der Waals surface area contributed by atoms with E-state index in [2.05, 4.69) is 9.71 Å². The molecule has 150 valence electrons. The van der Waals surface area contributed by atoms with Gasteiger partial charge in [0, 0.05) is 28.8 Å². The lowest BCUT2D eigenvalue weighted by molar-refractivity contribution is -0.120. The molecular weight excluding hydrogens is 434 g/mol. The number of nitrogens with one attached hydrogen (secondary N) is 1. The minimum absolute atomic E-state index is 0.133. The van der Waals surface area contributed by atoms with Crippen molar-refractivity contribution in [2.24, 2.45) is 0 Å². The van der Waals surface area contributed by atoms with E-state index in [-0.39, 0.29) is 17.4 Å². The quantitative estimate of drug-likeness (QED) is 0.621. The Kier molecular flexibility index (Phi) is 5.44. The SMILES string of the molecule is O=C(COc1cccc(Cl)c1)N1CCc2cc(S(=O)(=O)Nc3nccs3)ccc21. The lowest BCUT2D eigenvalue weighted by Gasteiger charge is -2.18. The molecule has 0 radical (unpaired) electrons. The van der Waals surface area contributed by atoms with E-state index < -0.39 is 10.0 Å². The fourth-order valence-corrected chi connectivity index (χ4v) is 5.05. The van der Waals surface area contributed by atoms with E-state index in [1.54, 1.807) is 46.7 Å². The number of ether oxygens (including phenoxy) is 1. The van der Waals surface area contributed by atoms with Gasteiger partial charge in [0.05, 0.1) is 4.90 Å². The highest BCUT2D eigenvalue weighted by atomic mass is 35.5. The van der Waals surface area contributed by atoms with Crippen LogP contribution in [0.1, 0.15) is 5.56 Å². The first-order valence-corrected chi connectivity index (χ1v) is 11.4. The third-order valence-electron chi connectivity index (χ3n) is 4.37. The molecule has 0 saturated heterocycles. The van der Waals surface area contributed by atoms with Gasteiger partial charge in [0.2, 0.25) is 0 Å². The predicted octanol–water partition coefficient (Wildman–Crippen LogP) is 3.57. The van der Waals surface area contributed by atoms with Crippen LogP contribution in [0.5, 0.6) is 5.75 Å². The maximum absolute atomic E-state index is 12.6. The van der Waals surface area contributed by atoms with Crippen LogP contribution in [0.3, 0.4) is 0 Å². The van der Waals surface area contributed by atoms with Crippen molar-refractivity contribution < 1.29 is 17.9 Å². The Morgan fingerprint density at radius 3 is 2.90 bits per heavy atom. The number of anilines is 2. The predicted molar refractivity (Wildman–Crippen MR) is 112 cm³/mol. The number of aromatic nitrogens is 1. The third-order valence-corrected chi connectivity index (χ3v) is 6.76. The van der Waals surface area contributed by atoms with E-state index in [4.69, 9.17) is 16.3 Å². The summed E-state index contributed by atoms with van der Waals surface area (Å²) in [6.07, 6.45) is 2.10. The Morgan fingerprint density at radius 1 is 1.28 bits per heavy atom. The first-order chi connectivity index (χ1) is 13.9. The summed E-state index contributed by atoms with van der Waals surface area (Å²) in [5.41, 5.74) is 1.49. The van der Waals surface area contributed by atoms with Crippen LogP contribution in [0.25, 0.3) is 0 Å². The van der Waals surface area contributed by atoms with Crippen molar-refractivity contribution in [3.05, 3.63) is 64.6 Å². The summed E-state index contributed by atoms with van der Waals surface area (Å²) in [6.45, 7) is 0.335. The molecule has 1 N–H and O–H groups in total. The van der Waals surface area contributed by atoms with E-state index in [0.717, 1.165) is 5.56 Å². The first kappa shape index (κ1) is 19.7. The number of halogens is 1. The van der Waals surface area contributed by atoms with E-state index in [9.17, 15) is 13.2 Å². The van der Waals surface area contributed by atoms with Crippen molar-refractivity contribution in [1.29, 1.82) is 0 Å². The molecule has 0 bridgehead atoms. The average molecular weight is 450 g/mol. The zero-order valence-corrected chi connectivity index (χ0v) is 17.4. The molecular formula is C19H16ClN3O4S2.